The summed E-state index contributed by atoms with van der Waals surface area (Å²) >= 11 is 5.40. The van der Waals surface area contributed by atoms with Crippen molar-refractivity contribution in [2.45, 2.75) is 26.7 Å². The second-order valence-corrected chi connectivity index (χ2v) is 7.02. The van der Waals surface area contributed by atoms with Crippen LogP contribution in [-0.4, -0.2) is 13.1 Å². The minimum Gasteiger partial charge on any atom is -0.316 e. The van der Waals surface area contributed by atoms with Gasteiger partial charge in [-0.25, -0.2) is 0 Å². The second-order valence-electron chi connectivity index (χ2n) is 5.11. The maximum atomic E-state index is 3.53. The van der Waals surface area contributed by atoms with Crippen molar-refractivity contribution in [3.8, 4) is 0 Å². The van der Waals surface area contributed by atoms with E-state index in [9.17, 15) is 0 Å². The SMILES string of the molecule is CC(C)CC1(Cc2cc(Br)cs2)CNC1. The number of rotatable bonds is 4. The van der Waals surface area contributed by atoms with Gasteiger partial charge in [0.05, 0.1) is 0 Å². The van der Waals surface area contributed by atoms with E-state index >= 15 is 0 Å². The van der Waals surface area contributed by atoms with Crippen molar-refractivity contribution < 1.29 is 0 Å². The molecule has 15 heavy (non-hydrogen) atoms. The van der Waals surface area contributed by atoms with Crippen molar-refractivity contribution in [1.82, 2.24) is 5.32 Å². The van der Waals surface area contributed by atoms with E-state index in [1.54, 1.807) is 0 Å². The molecule has 0 atom stereocenters. The zero-order valence-corrected chi connectivity index (χ0v) is 11.7. The summed E-state index contributed by atoms with van der Waals surface area (Å²) in [6, 6.07) is 2.27. The van der Waals surface area contributed by atoms with E-state index < -0.39 is 0 Å². The molecule has 84 valence electrons. The summed E-state index contributed by atoms with van der Waals surface area (Å²) in [5.41, 5.74) is 0.540. The molecule has 3 heteroatoms. The summed E-state index contributed by atoms with van der Waals surface area (Å²) in [7, 11) is 0. The molecule has 0 amide bonds. The quantitative estimate of drug-likeness (QED) is 0.891. The molecule has 0 bridgehead atoms. The Hall–Kier alpha value is 0.140. The predicted molar refractivity (Wildman–Crippen MR) is 70.5 cm³/mol. The minimum absolute atomic E-state index is 0.540. The summed E-state index contributed by atoms with van der Waals surface area (Å²) in [6.07, 6.45) is 2.59. The van der Waals surface area contributed by atoms with Crippen molar-refractivity contribution in [3.05, 3.63) is 20.8 Å². The monoisotopic (exact) mass is 287 g/mol. The Labute approximate surface area is 104 Å². The standard InChI is InChI=1S/C12H18BrNS/c1-9(2)4-12(7-14-8-12)5-11-3-10(13)6-15-11/h3,6,9,14H,4-5,7-8H2,1-2H3. The summed E-state index contributed by atoms with van der Waals surface area (Å²) in [5.74, 6) is 0.801. The van der Waals surface area contributed by atoms with Gasteiger partial charge >= 0.3 is 0 Å². The lowest BCUT2D eigenvalue weighted by Gasteiger charge is -2.44. The van der Waals surface area contributed by atoms with Crippen LogP contribution in [0, 0.1) is 11.3 Å². The van der Waals surface area contributed by atoms with Crippen molar-refractivity contribution in [2.24, 2.45) is 11.3 Å². The largest absolute Gasteiger partial charge is 0.316 e. The van der Waals surface area contributed by atoms with Crippen LogP contribution in [0.15, 0.2) is 15.9 Å². The highest BCUT2D eigenvalue weighted by molar-refractivity contribution is 9.10. The summed E-state index contributed by atoms with van der Waals surface area (Å²) in [6.45, 7) is 7.04. The fourth-order valence-electron chi connectivity index (χ4n) is 2.50. The second kappa shape index (κ2) is 4.56. The van der Waals surface area contributed by atoms with Crippen LogP contribution in [0.5, 0.6) is 0 Å². The molecule has 1 fully saturated rings. The molecule has 1 aromatic heterocycles. The third-order valence-electron chi connectivity index (χ3n) is 3.01. The highest BCUT2D eigenvalue weighted by Crippen LogP contribution is 2.36. The third kappa shape index (κ3) is 2.83. The smallest absolute Gasteiger partial charge is 0.0285 e. The van der Waals surface area contributed by atoms with Crippen molar-refractivity contribution in [2.75, 3.05) is 13.1 Å². The molecule has 1 aliphatic heterocycles. The Morgan fingerprint density at radius 2 is 2.27 bits per heavy atom. The van der Waals surface area contributed by atoms with Crippen LogP contribution in [0.4, 0.5) is 0 Å². The number of halogens is 1. The fraction of sp³-hybridized carbons (Fsp3) is 0.667. The zero-order valence-electron chi connectivity index (χ0n) is 9.35. The van der Waals surface area contributed by atoms with Gasteiger partial charge in [0.1, 0.15) is 0 Å². The van der Waals surface area contributed by atoms with Gasteiger partial charge in [0.2, 0.25) is 0 Å². The summed E-state index contributed by atoms with van der Waals surface area (Å²) in [5, 5.41) is 5.61. The van der Waals surface area contributed by atoms with Crippen LogP contribution < -0.4 is 5.32 Å². The van der Waals surface area contributed by atoms with Crippen molar-refractivity contribution in [3.63, 3.8) is 0 Å². The fourth-order valence-corrected chi connectivity index (χ4v) is 4.13. The number of hydrogen-bond acceptors (Lipinski definition) is 2. The number of hydrogen-bond donors (Lipinski definition) is 1. The van der Waals surface area contributed by atoms with Crippen molar-refractivity contribution >= 4 is 27.3 Å². The molecule has 0 spiro atoms. The molecule has 2 heterocycles. The van der Waals surface area contributed by atoms with Gasteiger partial charge < -0.3 is 5.32 Å². The maximum absolute atomic E-state index is 3.53. The molecule has 0 unspecified atom stereocenters. The molecule has 1 aliphatic rings. The molecule has 1 saturated heterocycles. The zero-order chi connectivity index (χ0) is 10.9. The topological polar surface area (TPSA) is 12.0 Å². The van der Waals surface area contributed by atoms with Gasteiger partial charge in [-0.05, 0) is 40.8 Å². The van der Waals surface area contributed by atoms with E-state index in [2.05, 4.69) is 46.5 Å². The first kappa shape index (κ1) is 11.6. The van der Waals surface area contributed by atoms with Gasteiger partial charge in [-0.15, -0.1) is 11.3 Å². The van der Waals surface area contributed by atoms with Gasteiger partial charge in [0, 0.05) is 33.2 Å². The molecule has 0 aliphatic carbocycles. The highest BCUT2D eigenvalue weighted by atomic mass is 79.9. The first-order valence-electron chi connectivity index (χ1n) is 5.53. The Balaban J connectivity index is 2.01. The van der Waals surface area contributed by atoms with Gasteiger partial charge in [-0.1, -0.05) is 13.8 Å². The maximum Gasteiger partial charge on any atom is 0.0285 e. The first-order chi connectivity index (χ1) is 7.10. The van der Waals surface area contributed by atoms with E-state index in [-0.39, 0.29) is 0 Å². The summed E-state index contributed by atoms with van der Waals surface area (Å²) < 4.78 is 1.23. The van der Waals surface area contributed by atoms with Crippen LogP contribution >= 0.6 is 27.3 Å². The van der Waals surface area contributed by atoms with Crippen LogP contribution in [0.25, 0.3) is 0 Å². The van der Waals surface area contributed by atoms with Crippen LogP contribution in [-0.2, 0) is 6.42 Å². The van der Waals surface area contributed by atoms with Gasteiger partial charge in [0.25, 0.3) is 0 Å². The Bertz CT molecular complexity index is 328. The lowest BCUT2D eigenvalue weighted by molar-refractivity contribution is 0.132. The highest BCUT2D eigenvalue weighted by Gasteiger charge is 2.37. The molecule has 2 rings (SSSR count). The molecule has 0 radical (unpaired) electrons. The van der Waals surface area contributed by atoms with Crippen LogP contribution in [0.1, 0.15) is 25.1 Å². The first-order valence-corrected chi connectivity index (χ1v) is 7.21. The van der Waals surface area contributed by atoms with Gasteiger partial charge in [-0.2, -0.15) is 0 Å². The predicted octanol–water partition coefficient (Wildman–Crippen LogP) is 3.69. The molecular weight excluding hydrogens is 270 g/mol. The van der Waals surface area contributed by atoms with Gasteiger partial charge in [-0.3, -0.25) is 0 Å². The Kier molecular flexibility index (Phi) is 3.53. The van der Waals surface area contributed by atoms with E-state index in [1.807, 2.05) is 11.3 Å². The molecule has 0 aromatic carbocycles. The molecule has 1 N–H and O–H groups in total. The van der Waals surface area contributed by atoms with Gasteiger partial charge in [0.15, 0.2) is 0 Å². The van der Waals surface area contributed by atoms with Crippen molar-refractivity contribution in [1.29, 1.82) is 0 Å². The van der Waals surface area contributed by atoms with E-state index in [1.165, 1.54) is 35.3 Å². The minimum atomic E-state index is 0.540. The average molecular weight is 288 g/mol. The van der Waals surface area contributed by atoms with Crippen LogP contribution in [0.3, 0.4) is 0 Å². The number of nitrogens with one attached hydrogen (secondary N) is 1. The number of thiophene rings is 1. The van der Waals surface area contributed by atoms with E-state index in [0.717, 1.165) is 5.92 Å². The lowest BCUT2D eigenvalue weighted by atomic mass is 9.72. The van der Waals surface area contributed by atoms with E-state index in [4.69, 9.17) is 0 Å². The van der Waals surface area contributed by atoms with Crippen LogP contribution in [0.2, 0.25) is 0 Å². The molecule has 1 aromatic rings. The average Bonchev–Trinajstić information content (AvgIpc) is 2.46. The third-order valence-corrected chi connectivity index (χ3v) is 4.71. The molecule has 0 saturated carbocycles. The van der Waals surface area contributed by atoms with E-state index in [0.29, 0.717) is 5.41 Å². The molecule has 1 nitrogen and oxygen atoms in total. The Morgan fingerprint density at radius 1 is 1.53 bits per heavy atom. The normalized spacial score (nSPS) is 19.2. The molecular formula is C12H18BrNS. The lowest BCUT2D eigenvalue weighted by Crippen LogP contribution is -2.55. The Morgan fingerprint density at radius 3 is 2.67 bits per heavy atom. The summed E-state index contributed by atoms with van der Waals surface area (Å²) in [4.78, 5) is 1.52.